The minimum Gasteiger partial charge on any atom is -0.508 e. The summed E-state index contributed by atoms with van der Waals surface area (Å²) in [5, 5.41) is 53.3. The minimum atomic E-state index is -1.62. The molecule has 5 unspecified atom stereocenters. The number of aromatic hydroxyl groups is 1. The first-order chi connectivity index (χ1) is 16.3. The number of aliphatic hydroxyl groups is 2. The van der Waals surface area contributed by atoms with E-state index in [0.717, 1.165) is 0 Å². The third-order valence-corrected chi connectivity index (χ3v) is 4.87. The summed E-state index contributed by atoms with van der Waals surface area (Å²) in [6.07, 6.45) is -2.25. The molecule has 10 N–H and O–H groups in total. The highest BCUT2D eigenvalue weighted by atomic mass is 16.4. The number of carbonyl (C=O) groups excluding carboxylic acids is 3. The third kappa shape index (κ3) is 9.95. The maximum absolute atomic E-state index is 12.6. The van der Waals surface area contributed by atoms with Crippen molar-refractivity contribution in [2.45, 2.75) is 56.5 Å². The van der Waals surface area contributed by atoms with Crippen LogP contribution in [-0.4, -0.2) is 92.1 Å². The number of benzene rings is 1. The Morgan fingerprint density at radius 1 is 0.914 bits per heavy atom. The van der Waals surface area contributed by atoms with E-state index in [1.807, 2.05) is 0 Å². The number of aliphatic carboxylic acids is 2. The van der Waals surface area contributed by atoms with Gasteiger partial charge in [0.15, 0.2) is 0 Å². The number of carbonyl (C=O) groups is 5. The summed E-state index contributed by atoms with van der Waals surface area (Å²) in [5.41, 5.74) is 6.06. The number of phenolic OH excluding ortho intramolecular Hbond substituents is 1. The summed E-state index contributed by atoms with van der Waals surface area (Å²) < 4.78 is 0. The molecule has 0 saturated carbocycles. The van der Waals surface area contributed by atoms with Crippen molar-refractivity contribution in [3.05, 3.63) is 29.8 Å². The Bertz CT molecular complexity index is 906. The van der Waals surface area contributed by atoms with Crippen LogP contribution in [0, 0.1) is 0 Å². The number of hydrogen-bond acceptors (Lipinski definition) is 9. The molecular formula is C21H30N4O10. The maximum Gasteiger partial charge on any atom is 0.326 e. The molecular weight excluding hydrogens is 468 g/mol. The van der Waals surface area contributed by atoms with Crippen LogP contribution in [0.4, 0.5) is 0 Å². The molecule has 35 heavy (non-hydrogen) atoms. The number of rotatable bonds is 14. The van der Waals surface area contributed by atoms with Crippen LogP contribution in [0.3, 0.4) is 0 Å². The normalized spacial score (nSPS) is 15.1. The Labute approximate surface area is 200 Å². The van der Waals surface area contributed by atoms with E-state index >= 15 is 0 Å². The molecule has 194 valence electrons. The molecule has 1 aromatic carbocycles. The van der Waals surface area contributed by atoms with Crippen LogP contribution in [0.1, 0.15) is 25.3 Å². The lowest BCUT2D eigenvalue weighted by atomic mass is 10.1. The first-order valence-electron chi connectivity index (χ1n) is 10.5. The van der Waals surface area contributed by atoms with Crippen molar-refractivity contribution in [2.24, 2.45) is 5.73 Å². The predicted octanol–water partition coefficient (Wildman–Crippen LogP) is -2.96. The Hall–Kier alpha value is -3.75. The van der Waals surface area contributed by atoms with Gasteiger partial charge in [-0.2, -0.15) is 0 Å². The molecule has 14 heteroatoms. The summed E-state index contributed by atoms with van der Waals surface area (Å²) in [4.78, 5) is 59.4. The molecule has 3 amide bonds. The van der Waals surface area contributed by atoms with Crippen molar-refractivity contribution in [1.82, 2.24) is 16.0 Å². The maximum atomic E-state index is 12.6. The summed E-state index contributed by atoms with van der Waals surface area (Å²) >= 11 is 0. The fourth-order valence-electron chi connectivity index (χ4n) is 2.87. The second-order valence-corrected chi connectivity index (χ2v) is 7.78. The fraction of sp³-hybridized carbons (Fsp3) is 0.476. The van der Waals surface area contributed by atoms with E-state index < -0.39 is 73.0 Å². The molecule has 1 aromatic rings. The molecule has 0 fully saturated rings. The number of nitrogens with one attached hydrogen (secondary N) is 3. The van der Waals surface area contributed by atoms with E-state index in [9.17, 15) is 44.4 Å². The first kappa shape index (κ1) is 29.3. The molecule has 0 bridgehead atoms. The Kier molecular flexibility index (Phi) is 11.6. The van der Waals surface area contributed by atoms with Gasteiger partial charge in [0.05, 0.1) is 18.8 Å². The Morgan fingerprint density at radius 2 is 1.49 bits per heavy atom. The lowest BCUT2D eigenvalue weighted by molar-refractivity contribution is -0.142. The highest BCUT2D eigenvalue weighted by Gasteiger charge is 2.32. The van der Waals surface area contributed by atoms with E-state index in [2.05, 4.69) is 16.0 Å². The van der Waals surface area contributed by atoms with Crippen molar-refractivity contribution >= 4 is 29.7 Å². The van der Waals surface area contributed by atoms with Crippen molar-refractivity contribution in [2.75, 3.05) is 6.61 Å². The molecule has 0 aromatic heterocycles. The largest absolute Gasteiger partial charge is 0.508 e. The van der Waals surface area contributed by atoms with Crippen LogP contribution in [-0.2, 0) is 30.4 Å². The van der Waals surface area contributed by atoms with Crippen LogP contribution in [0.15, 0.2) is 24.3 Å². The molecule has 0 spiro atoms. The quantitative estimate of drug-likeness (QED) is 0.125. The topological polar surface area (TPSA) is 249 Å². The number of amides is 3. The predicted molar refractivity (Wildman–Crippen MR) is 119 cm³/mol. The summed E-state index contributed by atoms with van der Waals surface area (Å²) in [5.74, 6) is -5.63. The highest BCUT2D eigenvalue weighted by Crippen LogP contribution is 2.11. The van der Waals surface area contributed by atoms with Crippen molar-refractivity contribution in [3.8, 4) is 5.75 Å². The van der Waals surface area contributed by atoms with E-state index in [4.69, 9.17) is 10.8 Å². The number of carboxylic acid groups (broad SMARTS) is 2. The van der Waals surface area contributed by atoms with E-state index in [-0.39, 0.29) is 18.6 Å². The molecule has 0 aliphatic rings. The number of carboxylic acids is 2. The number of nitrogens with two attached hydrogens (primary N) is 1. The second-order valence-electron chi connectivity index (χ2n) is 7.78. The average Bonchev–Trinajstić information content (AvgIpc) is 2.79. The minimum absolute atomic E-state index is 0.0321. The van der Waals surface area contributed by atoms with E-state index in [0.29, 0.717) is 5.56 Å². The zero-order chi connectivity index (χ0) is 26.7. The molecule has 0 aliphatic carbocycles. The molecule has 0 saturated heterocycles. The molecule has 0 radical (unpaired) electrons. The zero-order valence-electron chi connectivity index (χ0n) is 18.9. The second kappa shape index (κ2) is 13.8. The summed E-state index contributed by atoms with van der Waals surface area (Å²) in [7, 11) is 0. The van der Waals surface area contributed by atoms with Crippen LogP contribution < -0.4 is 21.7 Å². The standard InChI is InChI=1S/C21H30N4O10/c1-10(27)17(25-18(31)13(22)6-7-16(29)30)20(33)24-15(9-26)19(32)23-14(21(34)35)8-11-2-4-12(28)5-3-11/h2-5,10,13-15,17,26-28H,6-9,22H2,1H3,(H,23,32)(H,24,33)(H,25,31)(H,29,30)(H,34,35). The van der Waals surface area contributed by atoms with Gasteiger partial charge in [0.1, 0.15) is 23.9 Å². The fourth-order valence-corrected chi connectivity index (χ4v) is 2.87. The molecule has 14 nitrogen and oxygen atoms in total. The van der Waals surface area contributed by atoms with Crippen molar-refractivity contribution in [3.63, 3.8) is 0 Å². The lowest BCUT2D eigenvalue weighted by Gasteiger charge is -2.25. The SMILES string of the molecule is CC(O)C(NC(=O)C(N)CCC(=O)O)C(=O)NC(CO)C(=O)NC(Cc1ccc(O)cc1)C(=O)O. The van der Waals surface area contributed by atoms with Gasteiger partial charge in [0, 0.05) is 12.8 Å². The van der Waals surface area contributed by atoms with E-state index in [1.165, 1.54) is 31.2 Å². The van der Waals surface area contributed by atoms with Gasteiger partial charge in [-0.3, -0.25) is 19.2 Å². The molecule has 5 atom stereocenters. The number of hydrogen-bond donors (Lipinski definition) is 9. The third-order valence-electron chi connectivity index (χ3n) is 4.87. The van der Waals surface area contributed by atoms with Gasteiger partial charge in [-0.15, -0.1) is 0 Å². The monoisotopic (exact) mass is 498 g/mol. The van der Waals surface area contributed by atoms with Gasteiger partial charge in [-0.25, -0.2) is 4.79 Å². The smallest absolute Gasteiger partial charge is 0.326 e. The van der Waals surface area contributed by atoms with Crippen molar-refractivity contribution in [1.29, 1.82) is 0 Å². The average molecular weight is 498 g/mol. The summed E-state index contributed by atoms with van der Waals surface area (Å²) in [6.45, 7) is 0.237. The van der Waals surface area contributed by atoms with Crippen LogP contribution in [0.5, 0.6) is 5.75 Å². The first-order valence-corrected chi connectivity index (χ1v) is 10.5. The van der Waals surface area contributed by atoms with Crippen LogP contribution in [0.2, 0.25) is 0 Å². The Morgan fingerprint density at radius 3 is 1.97 bits per heavy atom. The number of aliphatic hydroxyl groups excluding tert-OH is 2. The van der Waals surface area contributed by atoms with Gasteiger partial charge >= 0.3 is 11.9 Å². The van der Waals surface area contributed by atoms with Gasteiger partial charge in [0.2, 0.25) is 17.7 Å². The van der Waals surface area contributed by atoms with Gasteiger partial charge in [-0.05, 0) is 31.0 Å². The van der Waals surface area contributed by atoms with Gasteiger partial charge in [0.25, 0.3) is 0 Å². The van der Waals surface area contributed by atoms with Gasteiger partial charge in [-0.1, -0.05) is 12.1 Å². The summed E-state index contributed by atoms with van der Waals surface area (Å²) in [6, 6.07) is -0.351. The molecule has 1 rings (SSSR count). The zero-order valence-corrected chi connectivity index (χ0v) is 18.9. The van der Waals surface area contributed by atoms with Crippen LogP contribution >= 0.6 is 0 Å². The van der Waals surface area contributed by atoms with E-state index in [1.54, 1.807) is 0 Å². The molecule has 0 heterocycles. The highest BCUT2D eigenvalue weighted by molar-refractivity contribution is 5.94. The molecule has 0 aliphatic heterocycles. The lowest BCUT2D eigenvalue weighted by Crippen LogP contribution is -2.60. The van der Waals surface area contributed by atoms with Crippen LogP contribution in [0.25, 0.3) is 0 Å². The van der Waals surface area contributed by atoms with Gasteiger partial charge < -0.3 is 47.2 Å². The number of phenols is 1. The van der Waals surface area contributed by atoms with Crippen molar-refractivity contribution < 1.29 is 49.5 Å². The Balaban J connectivity index is 2.83.